The lowest BCUT2D eigenvalue weighted by Gasteiger charge is -2.35. The van der Waals surface area contributed by atoms with E-state index in [0.29, 0.717) is 37.5 Å². The number of rotatable bonds is 10. The van der Waals surface area contributed by atoms with Gasteiger partial charge in [-0.15, -0.1) is 6.42 Å². The van der Waals surface area contributed by atoms with Crippen LogP contribution in [0.25, 0.3) is 16.7 Å². The summed E-state index contributed by atoms with van der Waals surface area (Å²) in [6.45, 7) is 5.33. The Bertz CT molecular complexity index is 3370. The summed E-state index contributed by atoms with van der Waals surface area (Å²) < 4.78 is 13.3. The predicted octanol–water partition coefficient (Wildman–Crippen LogP) is 4.80. The first kappa shape index (κ1) is 50.3. The fourth-order valence-electron chi connectivity index (χ4n) is 5.51. The first-order valence-corrected chi connectivity index (χ1v) is 18.8. The molecule has 350 valence electrons. The maximum atomic E-state index is 13.2. The number of aromatic nitrogens is 5. The highest BCUT2D eigenvalue weighted by atomic mass is 17.4. The molecule has 2 aliphatic heterocycles. The van der Waals surface area contributed by atoms with E-state index in [1.165, 1.54) is 10.8 Å². The first-order valence-electron chi connectivity index (χ1n) is 18.8. The number of hydrogen-bond donors (Lipinski definition) is 3. The Labute approximate surface area is 401 Å². The van der Waals surface area contributed by atoms with Crippen molar-refractivity contribution in [2.24, 2.45) is 26.1 Å². The maximum Gasteiger partial charge on any atom is 0.410 e. The van der Waals surface area contributed by atoms with Gasteiger partial charge in [0.1, 0.15) is 24.3 Å². The van der Waals surface area contributed by atoms with Crippen molar-refractivity contribution < 1.29 is 47.6 Å². The van der Waals surface area contributed by atoms with Gasteiger partial charge in [-0.3, -0.25) is 14.4 Å². The van der Waals surface area contributed by atoms with Crippen LogP contribution in [0.5, 0.6) is 5.75 Å². The molecule has 5 heterocycles. The SMILES string of the molecule is C#CC#CC#CC#CC#CC#CC#CC#CC#CC#CC#CC.COc1ccc(Cn2c(=O)n3ncnc3c3cc(CN4CCN5C(=O)OCC5C4)cnc32)cc1.N=N/N=N/N=N/N(OO)OO.[HH].[HH].[HH].[HH].[HH].[HH].[HH].[HH].[HH]. The minimum Gasteiger partial charge on any atom is -0.497 e. The molecule has 0 aliphatic carbocycles. The summed E-state index contributed by atoms with van der Waals surface area (Å²) >= 11 is 0. The van der Waals surface area contributed by atoms with Crippen molar-refractivity contribution in [3.8, 4) is 137 Å². The maximum absolute atomic E-state index is 13.2. The number of amides is 1. The van der Waals surface area contributed by atoms with Crippen molar-refractivity contribution in [2.45, 2.75) is 26.1 Å². The van der Waals surface area contributed by atoms with Crippen LogP contribution in [0.3, 0.4) is 0 Å². The van der Waals surface area contributed by atoms with Crippen LogP contribution in [-0.2, 0) is 27.8 Å². The van der Waals surface area contributed by atoms with Crippen molar-refractivity contribution in [3.05, 3.63) is 64.5 Å². The van der Waals surface area contributed by atoms with E-state index in [-0.39, 0.29) is 36.0 Å². The molecule has 3 aromatic heterocycles. The number of fused-ring (bicyclic) bond motifs is 4. The molecule has 0 spiro atoms. The molecule has 22 heteroatoms. The summed E-state index contributed by atoms with van der Waals surface area (Å²) in [5.74, 6) is 52.7. The largest absolute Gasteiger partial charge is 0.497 e. The van der Waals surface area contributed by atoms with Crippen molar-refractivity contribution in [2.75, 3.05) is 33.4 Å². The molecule has 0 radical (unpaired) electrons. The lowest BCUT2D eigenvalue weighted by atomic mass is 10.1. The average molecular weight is 925 g/mol. The number of piperazine rings is 1. The topological polar surface area (TPSA) is 255 Å². The molecule has 1 unspecified atom stereocenters. The second-order valence-electron chi connectivity index (χ2n) is 12.2. The van der Waals surface area contributed by atoms with Gasteiger partial charge in [-0.25, -0.2) is 30.1 Å². The molecule has 2 fully saturated rings. The third kappa shape index (κ3) is 16.4. The van der Waals surface area contributed by atoms with Gasteiger partial charge in [-0.1, -0.05) is 28.0 Å². The molecule has 68 heavy (non-hydrogen) atoms. The van der Waals surface area contributed by atoms with E-state index in [1.807, 2.05) is 36.5 Å². The number of ether oxygens (including phenoxy) is 2. The van der Waals surface area contributed by atoms with Crippen molar-refractivity contribution in [1.29, 1.82) is 5.53 Å². The van der Waals surface area contributed by atoms with E-state index in [2.05, 4.69) is 180 Å². The summed E-state index contributed by atoms with van der Waals surface area (Å²) in [6.07, 6.45) is 7.88. The molecule has 1 atom stereocenters. The number of benzene rings is 1. The lowest BCUT2D eigenvalue weighted by Crippen LogP contribution is -2.51. The summed E-state index contributed by atoms with van der Waals surface area (Å²) in [5, 5.41) is 33.4. The van der Waals surface area contributed by atoms with Gasteiger partial charge >= 0.3 is 11.8 Å². The van der Waals surface area contributed by atoms with Crippen LogP contribution in [0.15, 0.2) is 73.8 Å². The smallest absolute Gasteiger partial charge is 0.410 e. The number of hydrogen-bond acceptors (Lipinski definition) is 14. The zero-order chi connectivity index (χ0) is 48.6. The minimum absolute atomic E-state index is 0. The number of pyridine rings is 1. The number of nitrogens with one attached hydrogen (secondary N) is 1. The molecule has 3 N–H and O–H groups in total. The van der Waals surface area contributed by atoms with Gasteiger partial charge in [-0.05, 0) is 147 Å². The Morgan fingerprint density at radius 1 is 0.809 bits per heavy atom. The summed E-state index contributed by atoms with van der Waals surface area (Å²) in [6, 6.07) is 9.70. The summed E-state index contributed by atoms with van der Waals surface area (Å²) in [7, 11) is 1.62. The molecule has 0 saturated carbocycles. The van der Waals surface area contributed by atoms with Crippen molar-refractivity contribution >= 4 is 22.8 Å². The second-order valence-corrected chi connectivity index (χ2v) is 12.2. The first-order chi connectivity index (χ1) is 33.4. The van der Waals surface area contributed by atoms with Gasteiger partial charge in [0.15, 0.2) is 5.65 Å². The van der Waals surface area contributed by atoms with E-state index in [0.717, 1.165) is 35.4 Å². The van der Waals surface area contributed by atoms with Crippen LogP contribution in [0, 0.1) is 136 Å². The van der Waals surface area contributed by atoms with E-state index >= 15 is 0 Å². The Morgan fingerprint density at radius 2 is 1.41 bits per heavy atom. The summed E-state index contributed by atoms with van der Waals surface area (Å²) in [4.78, 5) is 44.4. The fraction of sp³-hybridized carbons (Fsp3) is 0.196. The summed E-state index contributed by atoms with van der Waals surface area (Å²) in [5.41, 5.74) is 8.77. The quantitative estimate of drug-likeness (QED) is 0.0838. The molecule has 2 aliphatic rings. The van der Waals surface area contributed by atoms with Crippen LogP contribution in [0.4, 0.5) is 4.79 Å². The Hall–Kier alpha value is -10.4. The number of carbonyl (C=O) groups excluding carboxylic acids is 1. The van der Waals surface area contributed by atoms with Crippen molar-refractivity contribution in [1.82, 2.24) is 39.3 Å². The van der Waals surface area contributed by atoms with Crippen LogP contribution >= 0.6 is 0 Å². The molecule has 22 nitrogen and oxygen atoms in total. The van der Waals surface area contributed by atoms with E-state index in [4.69, 9.17) is 31.9 Å². The minimum atomic E-state index is -0.293. The zero-order valence-electron chi connectivity index (χ0n) is 35.6. The van der Waals surface area contributed by atoms with Gasteiger partial charge in [-0.2, -0.15) is 15.1 Å². The number of nitrogens with zero attached hydrogens (tertiary/aromatic N) is 13. The van der Waals surface area contributed by atoms with E-state index in [1.54, 1.807) is 23.5 Å². The van der Waals surface area contributed by atoms with Crippen LogP contribution in [0.2, 0.25) is 0 Å². The number of methoxy groups -OCH3 is 1. The standard InChI is InChI=1S/C23H23N7O4.C23H4.H3N7O4.9H2/c1-33-18-4-2-15(3-5-18)11-29-20-19(21-25-14-26-30(21)22(29)31)8-16(9-24-20)10-27-6-7-28-17(12-27)13-34-23(28)32;1-3-5-7-9-11-13-15-17-19-21-23-22-20-18-16-14-12-10-8-6-4-2;1-2-3-4-5-6-7(10-8)11-9;;;;;;;;;/h2-5,8-9,14,17H,6-7,10-13H2,1H3;1H,2H3;1,8-9H;9*1H/b;;2-1?,4-3+,6-5+;;;;;;;;;. The second kappa shape index (κ2) is 29.1. The Kier molecular flexibility index (Phi) is 21.5. The van der Waals surface area contributed by atoms with E-state index in [9.17, 15) is 9.59 Å². The Balaban J connectivity index is -0.000000260. The average Bonchev–Trinajstić information content (AvgIpc) is 4.01. The van der Waals surface area contributed by atoms with Crippen LogP contribution in [0.1, 0.15) is 30.9 Å². The van der Waals surface area contributed by atoms with Gasteiger partial charge in [0, 0.05) is 79.3 Å². The molecule has 4 aromatic rings. The van der Waals surface area contributed by atoms with Gasteiger partial charge in [0.2, 0.25) is 0 Å². The monoisotopic (exact) mass is 924 g/mol. The highest BCUT2D eigenvalue weighted by molar-refractivity contribution is 5.89. The Morgan fingerprint density at radius 3 is 1.97 bits per heavy atom. The normalized spacial score (nSPS) is 12.3. The third-order valence-electron chi connectivity index (χ3n) is 8.19. The van der Waals surface area contributed by atoms with Gasteiger partial charge in [0.25, 0.3) is 0 Å². The lowest BCUT2D eigenvalue weighted by molar-refractivity contribution is -0.587. The van der Waals surface area contributed by atoms with Crippen LogP contribution in [-0.4, -0.2) is 95.3 Å². The van der Waals surface area contributed by atoms with Gasteiger partial charge in [0.05, 0.1) is 30.4 Å². The molecule has 2 saturated heterocycles. The van der Waals surface area contributed by atoms with E-state index < -0.39 is 0 Å². The van der Waals surface area contributed by atoms with Crippen LogP contribution < -0.4 is 10.4 Å². The molecular weight excluding hydrogens is 877 g/mol. The fourth-order valence-corrected chi connectivity index (χ4v) is 5.51. The zero-order valence-corrected chi connectivity index (χ0v) is 35.6. The predicted molar refractivity (Wildman–Crippen MR) is 257 cm³/mol. The molecule has 0 bridgehead atoms. The number of cyclic esters (lactones) is 1. The molecular formula is C46H48N14O8. The highest BCUT2D eigenvalue weighted by Gasteiger charge is 2.37. The molecule has 1 aromatic carbocycles. The van der Waals surface area contributed by atoms with Crippen molar-refractivity contribution in [3.63, 3.8) is 0 Å². The number of terminal acetylenes is 1. The molecule has 1 amide bonds. The highest BCUT2D eigenvalue weighted by Crippen LogP contribution is 2.22. The third-order valence-corrected chi connectivity index (χ3v) is 8.19. The molecule has 6 rings (SSSR count). The number of carbonyl (C=O) groups is 1. The van der Waals surface area contributed by atoms with Gasteiger partial charge < -0.3 is 9.47 Å².